The van der Waals surface area contributed by atoms with Crippen molar-refractivity contribution in [1.29, 1.82) is 0 Å². The van der Waals surface area contributed by atoms with Gasteiger partial charge >= 0.3 is 0 Å². The molecular weight excluding hydrogens is 1370 g/mol. The third kappa shape index (κ3) is 18.6. The molecule has 4 saturated heterocycles. The van der Waals surface area contributed by atoms with E-state index in [2.05, 4.69) is 41.7 Å². The van der Waals surface area contributed by atoms with Gasteiger partial charge in [-0.05, 0) is 105 Å². The van der Waals surface area contributed by atoms with Gasteiger partial charge in [0.25, 0.3) is 5.91 Å². The van der Waals surface area contributed by atoms with E-state index in [1.807, 2.05) is 48.5 Å². The molecule has 5 aromatic rings. The van der Waals surface area contributed by atoms with Crippen LogP contribution in [0.3, 0.4) is 0 Å². The van der Waals surface area contributed by atoms with Crippen molar-refractivity contribution in [3.8, 4) is 32.6 Å². The molecule has 97 heavy (non-hydrogen) atoms. The van der Waals surface area contributed by atoms with Crippen LogP contribution in [0, 0.1) is 5.92 Å². The fraction of sp³-hybridized carbons (Fsp3) is 0.484. The first kappa shape index (κ1) is 78.9. The van der Waals surface area contributed by atoms with Crippen molar-refractivity contribution in [2.75, 3.05) is 64.4 Å². The predicted molar refractivity (Wildman–Crippen MR) is 365 cm³/mol. The quantitative estimate of drug-likeness (QED) is 0.0594. The second-order valence-electron chi connectivity index (χ2n) is 24.2. The van der Waals surface area contributed by atoms with Gasteiger partial charge in [-0.15, -0.1) is 47.4 Å². The predicted octanol–water partition coefficient (Wildman–Crippen LogP) is 0.273. The number of hydrogen-bond acceptors (Lipinski definition) is 22. The number of ether oxygens (including phenoxy) is 2. The second kappa shape index (κ2) is 35.1. The minimum absolute atomic E-state index is 0. The van der Waals surface area contributed by atoms with Crippen LogP contribution >= 0.6 is 60.2 Å². The average molecular weight is 1450 g/mol. The first-order valence-electron chi connectivity index (χ1n) is 31.1. The summed E-state index contributed by atoms with van der Waals surface area (Å²) in [5, 5.41) is 102. The number of fused-ring (bicyclic) bond motifs is 2. The highest BCUT2D eigenvalue weighted by Gasteiger charge is 2.50. The van der Waals surface area contributed by atoms with E-state index < -0.39 is 158 Å². The summed E-state index contributed by atoms with van der Waals surface area (Å²) in [6, 6.07) is 15.0. The topological polar surface area (TPSA) is 427 Å². The summed E-state index contributed by atoms with van der Waals surface area (Å²) in [5.74, 6) is -8.69. The Labute approximate surface area is 587 Å². The highest BCUT2D eigenvalue weighted by atomic mass is 35.5. The molecule has 4 aromatic carbocycles. The Morgan fingerprint density at radius 1 is 0.742 bits per heavy atom. The van der Waals surface area contributed by atoms with E-state index >= 15 is 0 Å². The molecule has 4 aliphatic rings. The number of aromatic hydroxyl groups is 1. The Balaban J connectivity index is 0.00000495. The van der Waals surface area contributed by atoms with Gasteiger partial charge in [0.05, 0.1) is 42.2 Å². The number of β-amino-alcohol motifs (C(OH)–C–C–N with tert-alkyl or cyclic N) is 1. The Bertz CT molecular complexity index is 3510. The van der Waals surface area contributed by atoms with E-state index in [1.54, 1.807) is 19.2 Å². The minimum Gasteiger partial charge on any atom is -0.504 e. The highest BCUT2D eigenvalue weighted by molar-refractivity contribution is 7.17. The summed E-state index contributed by atoms with van der Waals surface area (Å²) in [7, 11) is 1.73. The van der Waals surface area contributed by atoms with E-state index in [4.69, 9.17) is 32.5 Å². The van der Waals surface area contributed by atoms with E-state index in [9.17, 15) is 69.3 Å². The molecule has 16 N–H and O–H groups in total. The molecule has 0 radical (unpaired) electrons. The molecule has 5 heterocycles. The monoisotopic (exact) mass is 1450 g/mol. The normalized spacial score (nSPS) is 25.2. The summed E-state index contributed by atoms with van der Waals surface area (Å²) in [6.07, 6.45) is -10.3. The SMILES string of the molecule is COC1(c2ccc(Cl)cc2)CCN(c2ccc(-c3nnc(-c4ccc(C(=O)N[C@H]5C[C@@H](O)CNC(=O)[C@@H]6[C@@H](O)[C@@H](C)CN6C(=O)[C@H]([C@H](O)CCN)NC(=O)[C@H]([C@H](O)Cc6ccc(O)c(OCCN)c6)NC(=O)[C@@H]6C[C@@H](O)CN6C(=O)[C@H]([C@@H](C)O)NC5=O)cc4)s3)cc2)CC1.Cl.Cl.Cl. The number of amides is 7. The fourth-order valence-electron chi connectivity index (χ4n) is 12.4. The number of anilines is 1. The first-order chi connectivity index (χ1) is 44.9. The van der Waals surface area contributed by atoms with Gasteiger partial charge in [-0.25, -0.2) is 0 Å². The number of methoxy groups -OCH3 is 1. The number of rotatable bonds is 17. The van der Waals surface area contributed by atoms with Crippen LogP contribution in [0.1, 0.15) is 67.4 Å². The Morgan fingerprint density at radius 3 is 1.96 bits per heavy atom. The molecule has 0 aliphatic carbocycles. The highest BCUT2D eigenvalue weighted by Crippen LogP contribution is 2.39. The number of piperidine rings is 1. The fourth-order valence-corrected chi connectivity index (χ4v) is 13.3. The maximum absolute atomic E-state index is 14.7. The van der Waals surface area contributed by atoms with Crippen molar-refractivity contribution in [1.82, 2.24) is 46.6 Å². The minimum atomic E-state index is -2.05. The largest absolute Gasteiger partial charge is 0.504 e. The van der Waals surface area contributed by atoms with Crippen LogP contribution < -0.4 is 47.7 Å². The number of phenolic OH excluding ortho intramolecular Hbond substituents is 1. The number of halogens is 4. The number of benzene rings is 4. The van der Waals surface area contributed by atoms with Gasteiger partial charge in [0.1, 0.15) is 52.9 Å². The summed E-state index contributed by atoms with van der Waals surface area (Å²) in [4.78, 5) is 106. The van der Waals surface area contributed by atoms with Crippen molar-refractivity contribution in [3.05, 3.63) is 113 Å². The molecule has 28 nitrogen and oxygen atoms in total. The summed E-state index contributed by atoms with van der Waals surface area (Å²) in [5.41, 5.74) is 14.8. The Morgan fingerprint density at radius 2 is 1.35 bits per heavy atom. The molecule has 4 aliphatic heterocycles. The third-order valence-corrected chi connectivity index (χ3v) is 19.0. The Hall–Kier alpha value is -7.07. The number of aromatic nitrogens is 2. The van der Waals surface area contributed by atoms with Crippen LogP contribution in [0.25, 0.3) is 21.1 Å². The molecule has 13 atom stereocenters. The van der Waals surface area contributed by atoms with Crippen LogP contribution in [0.5, 0.6) is 11.5 Å². The number of carbonyl (C=O) groups is 7. The molecule has 530 valence electrons. The zero-order valence-electron chi connectivity index (χ0n) is 53.3. The Kier molecular flexibility index (Phi) is 28.6. The van der Waals surface area contributed by atoms with E-state index in [-0.39, 0.29) is 92.5 Å². The van der Waals surface area contributed by atoms with Crippen molar-refractivity contribution in [2.45, 2.75) is 131 Å². The number of nitrogens with one attached hydrogen (secondary N) is 5. The van der Waals surface area contributed by atoms with Gasteiger partial charge < -0.3 is 98.0 Å². The van der Waals surface area contributed by atoms with Crippen molar-refractivity contribution in [2.24, 2.45) is 17.4 Å². The van der Waals surface area contributed by atoms with Gasteiger partial charge in [0, 0.05) is 99.0 Å². The van der Waals surface area contributed by atoms with Crippen molar-refractivity contribution >= 4 is 107 Å². The van der Waals surface area contributed by atoms with E-state index in [1.165, 1.54) is 48.6 Å². The van der Waals surface area contributed by atoms with E-state index in [0.29, 0.717) is 20.6 Å². The molecule has 0 bridgehead atoms. The maximum Gasteiger partial charge on any atom is 0.251 e. The van der Waals surface area contributed by atoms with Crippen LogP contribution in [-0.4, -0.2) is 229 Å². The van der Waals surface area contributed by atoms with Crippen LogP contribution in [-0.2, 0) is 45.5 Å². The zero-order valence-corrected chi connectivity index (χ0v) is 57.3. The van der Waals surface area contributed by atoms with Gasteiger partial charge in [-0.2, -0.15) is 0 Å². The van der Waals surface area contributed by atoms with Gasteiger partial charge in [-0.1, -0.05) is 60.2 Å². The van der Waals surface area contributed by atoms with E-state index in [0.717, 1.165) is 59.5 Å². The zero-order chi connectivity index (χ0) is 67.7. The third-order valence-electron chi connectivity index (χ3n) is 17.7. The number of nitrogens with two attached hydrogens (primary N) is 2. The second-order valence-corrected chi connectivity index (χ2v) is 25.7. The number of hydrogen-bond donors (Lipinski definition) is 14. The van der Waals surface area contributed by atoms with Gasteiger partial charge in [-0.3, -0.25) is 33.6 Å². The molecular formula is C64H84Cl4N12O16S. The van der Waals surface area contributed by atoms with Crippen LogP contribution in [0.4, 0.5) is 5.69 Å². The molecule has 0 unspecified atom stereocenters. The van der Waals surface area contributed by atoms with Crippen molar-refractivity contribution in [3.63, 3.8) is 0 Å². The van der Waals surface area contributed by atoms with Crippen LogP contribution in [0.15, 0.2) is 91.0 Å². The molecule has 0 spiro atoms. The van der Waals surface area contributed by atoms with Crippen LogP contribution in [0.2, 0.25) is 5.02 Å². The van der Waals surface area contributed by atoms with Crippen molar-refractivity contribution < 1.29 is 78.8 Å². The summed E-state index contributed by atoms with van der Waals surface area (Å²) in [6.45, 7) is 2.58. The molecule has 0 saturated carbocycles. The number of phenols is 1. The lowest BCUT2D eigenvalue weighted by atomic mass is 9.84. The molecule has 7 amide bonds. The smallest absolute Gasteiger partial charge is 0.251 e. The standard InChI is InChI=1S/C64H81ClN12O16S.3ClH/c1-33-31-77-53(54(33)84)59(89)68-30-42(79)28-44(69-55(85)36-5-7-37(8-6-36)60-73-74-61(94-60)38-9-15-41(16-10-38)75-23-19-64(92-3,20-24-75)39-11-13-40(65)14-12-39)56(86)70-50(34(2)78)62(90)76-32-43(80)29-45(76)57(87)71-51(58(88)72-52(63(77)91)47(82)18-21-66)48(83)26-35-4-17-46(81)49(27-35)93-25-22-67;;;/h4-17,27,33-34,42-45,47-48,50-54,78-84H,18-26,28-32,66-67H2,1-3H3,(H,68,89)(H,69,85)(H,70,86)(H,71,87)(H,72,88);3*1H/t33-,34+,42+,43+,44-,45-,47+,48+,50-,51-,52-,53-,54-;;;/m0.../s1. The molecule has 9 rings (SSSR count). The van der Waals surface area contributed by atoms with Gasteiger partial charge in [0.15, 0.2) is 11.5 Å². The molecule has 1 aromatic heterocycles. The summed E-state index contributed by atoms with van der Waals surface area (Å²) >= 11 is 7.48. The average Bonchev–Trinajstić information content (AvgIpc) is 1.78. The lowest BCUT2D eigenvalue weighted by molar-refractivity contribution is -0.147. The number of aliphatic hydroxyl groups excluding tert-OH is 6. The maximum atomic E-state index is 14.7. The number of aliphatic hydroxyl groups is 6. The number of nitrogens with zero attached hydrogens (tertiary/aromatic N) is 5. The molecule has 4 fully saturated rings. The first-order valence-corrected chi connectivity index (χ1v) is 32.3. The summed E-state index contributed by atoms with van der Waals surface area (Å²) < 4.78 is 11.6. The lowest BCUT2D eigenvalue weighted by Gasteiger charge is -2.42. The molecule has 33 heteroatoms. The van der Waals surface area contributed by atoms with Gasteiger partial charge in [0.2, 0.25) is 35.4 Å². The lowest BCUT2D eigenvalue weighted by Crippen LogP contribution is -2.64. The number of carbonyl (C=O) groups excluding carboxylic acids is 7.